The zero-order valence-corrected chi connectivity index (χ0v) is 13.1. The fourth-order valence-electron chi connectivity index (χ4n) is 3.03. The van der Waals surface area contributed by atoms with Crippen molar-refractivity contribution in [3.63, 3.8) is 0 Å². The summed E-state index contributed by atoms with van der Waals surface area (Å²) in [5, 5.41) is 20.0. The van der Waals surface area contributed by atoms with Crippen molar-refractivity contribution in [1.29, 1.82) is 0 Å². The van der Waals surface area contributed by atoms with E-state index < -0.39 is 0 Å². The molecule has 1 fully saturated rings. The van der Waals surface area contributed by atoms with Crippen molar-refractivity contribution in [3.05, 3.63) is 27.6 Å². The number of hydrogen-bond acceptors (Lipinski definition) is 6. The first kappa shape index (κ1) is 13.9. The summed E-state index contributed by atoms with van der Waals surface area (Å²) in [5.41, 5.74) is 0.845. The second-order valence-electron chi connectivity index (χ2n) is 5.76. The van der Waals surface area contributed by atoms with Gasteiger partial charge in [0, 0.05) is 20.1 Å². The molecule has 3 aromatic heterocycles. The van der Waals surface area contributed by atoms with E-state index in [9.17, 15) is 9.90 Å². The van der Waals surface area contributed by atoms with Gasteiger partial charge in [-0.1, -0.05) is 0 Å². The molecule has 3 aromatic rings. The molecular formula is C14H17N5O2S. The molecule has 1 saturated heterocycles. The zero-order chi connectivity index (χ0) is 15.3. The lowest BCUT2D eigenvalue weighted by Crippen LogP contribution is -2.35. The van der Waals surface area contributed by atoms with Crippen LogP contribution in [0.5, 0.6) is 0 Å². The van der Waals surface area contributed by atoms with Crippen LogP contribution in [-0.4, -0.2) is 48.4 Å². The summed E-state index contributed by atoms with van der Waals surface area (Å²) in [7, 11) is 1.73. The molecule has 0 aliphatic carbocycles. The molecule has 0 aromatic carbocycles. The largest absolute Gasteiger partial charge is 0.393 e. The quantitative estimate of drug-likeness (QED) is 0.748. The van der Waals surface area contributed by atoms with Crippen LogP contribution in [0.25, 0.3) is 16.0 Å². The molecule has 4 heterocycles. The predicted octanol–water partition coefficient (Wildman–Crippen LogP) is 0.599. The first-order chi connectivity index (χ1) is 10.6. The highest BCUT2D eigenvalue weighted by atomic mass is 32.1. The van der Waals surface area contributed by atoms with Gasteiger partial charge in [-0.25, -0.2) is 0 Å². The van der Waals surface area contributed by atoms with Crippen LogP contribution in [-0.2, 0) is 13.6 Å². The Morgan fingerprint density at radius 1 is 1.36 bits per heavy atom. The Kier molecular flexibility index (Phi) is 3.24. The highest BCUT2D eigenvalue weighted by molar-refractivity contribution is 7.17. The van der Waals surface area contributed by atoms with Gasteiger partial charge in [0.05, 0.1) is 18.2 Å². The van der Waals surface area contributed by atoms with E-state index in [2.05, 4.69) is 15.1 Å². The van der Waals surface area contributed by atoms with Gasteiger partial charge < -0.3 is 5.11 Å². The maximum atomic E-state index is 12.3. The van der Waals surface area contributed by atoms with E-state index in [0.717, 1.165) is 42.0 Å². The molecule has 7 nitrogen and oxygen atoms in total. The molecule has 116 valence electrons. The molecule has 0 radical (unpaired) electrons. The van der Waals surface area contributed by atoms with E-state index in [1.54, 1.807) is 11.6 Å². The number of aryl methyl sites for hydroxylation is 1. The number of aliphatic hydroxyl groups is 1. The number of rotatable bonds is 2. The second-order valence-corrected chi connectivity index (χ2v) is 6.67. The van der Waals surface area contributed by atoms with Gasteiger partial charge in [-0.3, -0.25) is 18.7 Å². The highest BCUT2D eigenvalue weighted by Gasteiger charge is 2.21. The van der Waals surface area contributed by atoms with Crippen molar-refractivity contribution < 1.29 is 5.11 Å². The highest BCUT2D eigenvalue weighted by Crippen LogP contribution is 2.20. The Morgan fingerprint density at radius 2 is 2.14 bits per heavy atom. The molecule has 4 rings (SSSR count). The summed E-state index contributed by atoms with van der Waals surface area (Å²) < 4.78 is 4.25. The molecule has 8 heteroatoms. The molecule has 0 atom stereocenters. The fraction of sp³-hybridized carbons (Fsp3) is 0.500. The topological polar surface area (TPSA) is 75.7 Å². The molecule has 22 heavy (non-hydrogen) atoms. The van der Waals surface area contributed by atoms with E-state index in [-0.39, 0.29) is 11.7 Å². The van der Waals surface area contributed by atoms with Gasteiger partial charge >= 0.3 is 0 Å². The average Bonchev–Trinajstić information content (AvgIpc) is 3.14. The Hall–Kier alpha value is -1.77. The third-order valence-corrected chi connectivity index (χ3v) is 5.21. The molecule has 0 unspecified atom stereocenters. The Bertz CT molecular complexity index is 888. The van der Waals surface area contributed by atoms with Crippen LogP contribution in [0.3, 0.4) is 0 Å². The SMILES string of the molecule is Cn1c(=O)c2sccc2n2c(CN3CCC(O)CC3)nnc12. The minimum absolute atomic E-state index is 0.0301. The third kappa shape index (κ3) is 2.06. The van der Waals surface area contributed by atoms with Gasteiger partial charge in [-0.2, -0.15) is 0 Å². The number of aliphatic hydroxyl groups excluding tert-OH is 1. The van der Waals surface area contributed by atoms with Gasteiger partial charge in [0.2, 0.25) is 5.78 Å². The lowest BCUT2D eigenvalue weighted by Gasteiger charge is -2.28. The predicted molar refractivity (Wildman–Crippen MR) is 84.1 cm³/mol. The normalized spacial score (nSPS) is 17.7. The minimum atomic E-state index is -0.184. The van der Waals surface area contributed by atoms with E-state index in [1.165, 1.54) is 11.3 Å². The van der Waals surface area contributed by atoms with Crippen LogP contribution in [0.4, 0.5) is 0 Å². The van der Waals surface area contributed by atoms with Crippen LogP contribution >= 0.6 is 11.3 Å². The Morgan fingerprint density at radius 3 is 2.91 bits per heavy atom. The number of piperidine rings is 1. The summed E-state index contributed by atoms with van der Waals surface area (Å²) in [6, 6.07) is 1.95. The third-order valence-electron chi connectivity index (χ3n) is 4.32. The summed E-state index contributed by atoms with van der Waals surface area (Å²) in [6.45, 7) is 2.39. The first-order valence-corrected chi connectivity index (χ1v) is 8.24. The van der Waals surface area contributed by atoms with Gasteiger partial charge in [-0.05, 0) is 24.3 Å². The number of hydrogen-bond donors (Lipinski definition) is 1. The maximum Gasteiger partial charge on any atom is 0.272 e. The smallest absolute Gasteiger partial charge is 0.272 e. The van der Waals surface area contributed by atoms with Crippen molar-refractivity contribution in [2.75, 3.05) is 13.1 Å². The summed E-state index contributed by atoms with van der Waals surface area (Å²) in [5.74, 6) is 1.41. The van der Waals surface area contributed by atoms with Crippen molar-refractivity contribution in [2.45, 2.75) is 25.5 Å². The number of likely N-dealkylation sites (tertiary alicyclic amines) is 1. The molecule has 1 aliphatic rings. The number of thiophene rings is 1. The van der Waals surface area contributed by atoms with Crippen LogP contribution in [0.1, 0.15) is 18.7 Å². The molecule has 1 N–H and O–H groups in total. The zero-order valence-electron chi connectivity index (χ0n) is 12.3. The number of fused-ring (bicyclic) bond motifs is 3. The van der Waals surface area contributed by atoms with Crippen molar-refractivity contribution in [1.82, 2.24) is 24.1 Å². The van der Waals surface area contributed by atoms with Crippen LogP contribution in [0.2, 0.25) is 0 Å². The molecular weight excluding hydrogens is 302 g/mol. The lowest BCUT2D eigenvalue weighted by atomic mass is 10.1. The molecule has 0 amide bonds. The molecule has 0 bridgehead atoms. The Labute approximate surface area is 130 Å². The van der Waals surface area contributed by atoms with Gasteiger partial charge in [0.1, 0.15) is 4.70 Å². The Balaban J connectivity index is 1.80. The van der Waals surface area contributed by atoms with Gasteiger partial charge in [0.25, 0.3) is 5.56 Å². The standard InChI is InChI=1S/C14H17N5O2S/c1-17-13(21)12-10(4-7-22-12)19-11(15-16-14(17)19)8-18-5-2-9(20)3-6-18/h4,7,9,20H,2-3,5-6,8H2,1H3. The fourth-order valence-corrected chi connectivity index (χ4v) is 3.88. The van der Waals surface area contributed by atoms with E-state index in [0.29, 0.717) is 12.3 Å². The van der Waals surface area contributed by atoms with Crippen molar-refractivity contribution >= 4 is 27.3 Å². The van der Waals surface area contributed by atoms with Gasteiger partial charge in [-0.15, -0.1) is 21.5 Å². The van der Waals surface area contributed by atoms with Crippen LogP contribution in [0.15, 0.2) is 16.2 Å². The maximum absolute atomic E-state index is 12.3. The van der Waals surface area contributed by atoms with E-state index >= 15 is 0 Å². The lowest BCUT2D eigenvalue weighted by molar-refractivity contribution is 0.0779. The average molecular weight is 319 g/mol. The van der Waals surface area contributed by atoms with Gasteiger partial charge in [0.15, 0.2) is 5.82 Å². The van der Waals surface area contributed by atoms with Crippen molar-refractivity contribution in [2.24, 2.45) is 7.05 Å². The van der Waals surface area contributed by atoms with Crippen LogP contribution in [0, 0.1) is 0 Å². The first-order valence-electron chi connectivity index (χ1n) is 7.36. The summed E-state index contributed by atoms with van der Waals surface area (Å²) in [6.07, 6.45) is 1.41. The number of nitrogens with zero attached hydrogens (tertiary/aromatic N) is 5. The number of aromatic nitrogens is 4. The molecule has 1 aliphatic heterocycles. The second kappa shape index (κ2) is 5.15. The monoisotopic (exact) mass is 319 g/mol. The minimum Gasteiger partial charge on any atom is -0.393 e. The molecule has 0 saturated carbocycles. The molecule has 0 spiro atoms. The summed E-state index contributed by atoms with van der Waals surface area (Å²) in [4.78, 5) is 14.6. The summed E-state index contributed by atoms with van der Waals surface area (Å²) >= 11 is 1.45. The van der Waals surface area contributed by atoms with Crippen LogP contribution < -0.4 is 5.56 Å². The van der Waals surface area contributed by atoms with E-state index in [4.69, 9.17) is 0 Å². The van der Waals surface area contributed by atoms with Crippen molar-refractivity contribution in [3.8, 4) is 0 Å². The van der Waals surface area contributed by atoms with E-state index in [1.807, 2.05) is 15.8 Å².